The van der Waals surface area contributed by atoms with Crippen molar-refractivity contribution in [2.45, 2.75) is 27.2 Å². The van der Waals surface area contributed by atoms with Gasteiger partial charge in [-0.1, -0.05) is 19.1 Å². The van der Waals surface area contributed by atoms with E-state index in [0.717, 1.165) is 24.3 Å². The zero-order valence-electron chi connectivity index (χ0n) is 12.7. The molecule has 4 nitrogen and oxygen atoms in total. The van der Waals surface area contributed by atoms with Crippen molar-refractivity contribution in [3.05, 3.63) is 41.8 Å². The average Bonchev–Trinajstić information content (AvgIpc) is 2.50. The van der Waals surface area contributed by atoms with E-state index in [0.29, 0.717) is 18.2 Å². The molecule has 0 aliphatic rings. The summed E-state index contributed by atoms with van der Waals surface area (Å²) in [7, 11) is 0. The lowest BCUT2D eigenvalue weighted by Crippen LogP contribution is -2.20. The molecule has 0 fully saturated rings. The largest absolute Gasteiger partial charge is 0.354 e. The molecule has 2 rings (SSSR count). The summed E-state index contributed by atoms with van der Waals surface area (Å²) in [6.45, 7) is 7.44. The van der Waals surface area contributed by atoms with Crippen LogP contribution in [0.3, 0.4) is 0 Å². The molecular weight excluding hydrogens is 267 g/mol. The molecule has 1 N–H and O–H groups in total. The molecule has 5 heteroatoms. The first-order valence-corrected chi connectivity index (χ1v) is 7.27. The number of rotatable bonds is 6. The molecule has 0 aliphatic heterocycles. The van der Waals surface area contributed by atoms with Gasteiger partial charge in [-0.2, -0.15) is 4.98 Å². The van der Waals surface area contributed by atoms with E-state index >= 15 is 0 Å². The van der Waals surface area contributed by atoms with E-state index < -0.39 is 0 Å². The number of hydrogen-bond donors (Lipinski definition) is 1. The van der Waals surface area contributed by atoms with Crippen molar-refractivity contribution in [1.29, 1.82) is 0 Å². The van der Waals surface area contributed by atoms with E-state index in [1.165, 1.54) is 6.07 Å². The maximum absolute atomic E-state index is 14.0. The van der Waals surface area contributed by atoms with Gasteiger partial charge in [-0.05, 0) is 32.4 Å². The summed E-state index contributed by atoms with van der Waals surface area (Å²) >= 11 is 0. The van der Waals surface area contributed by atoms with Gasteiger partial charge in [0.1, 0.15) is 11.6 Å². The number of para-hydroxylation sites is 1. The summed E-state index contributed by atoms with van der Waals surface area (Å²) in [5, 5.41) is 3.16. The molecule has 0 saturated heterocycles. The van der Waals surface area contributed by atoms with Gasteiger partial charge in [0.05, 0.1) is 5.69 Å². The smallest absolute Gasteiger partial charge is 0.224 e. The molecule has 0 amide bonds. The number of aromatic nitrogens is 2. The summed E-state index contributed by atoms with van der Waals surface area (Å²) in [4.78, 5) is 10.7. The van der Waals surface area contributed by atoms with E-state index in [9.17, 15) is 4.39 Å². The Morgan fingerprint density at radius 1 is 1.24 bits per heavy atom. The quantitative estimate of drug-likeness (QED) is 0.875. The number of nitrogens with one attached hydrogen (secondary N) is 1. The highest BCUT2D eigenvalue weighted by Gasteiger charge is 2.16. The number of benzene rings is 1. The lowest BCUT2D eigenvalue weighted by atomic mass is 10.2. The highest BCUT2D eigenvalue weighted by Crippen LogP contribution is 2.28. The molecule has 0 bridgehead atoms. The molecule has 1 aromatic heterocycles. The third-order valence-electron chi connectivity index (χ3n) is 3.19. The number of aryl methyl sites for hydroxylation is 1. The molecule has 21 heavy (non-hydrogen) atoms. The molecule has 1 aromatic carbocycles. The predicted octanol–water partition coefficient (Wildman–Crippen LogP) is 3.90. The standard InChI is InChI=1S/C16H21FN4/c1-4-10-18-16-19-11-12(3)15(20-16)21(5-2)14-9-7-6-8-13(14)17/h6-9,11H,4-5,10H2,1-3H3,(H,18,19,20). The van der Waals surface area contributed by atoms with Gasteiger partial charge in [0.25, 0.3) is 0 Å². The van der Waals surface area contributed by atoms with E-state index in [2.05, 4.69) is 22.2 Å². The number of nitrogens with zero attached hydrogens (tertiary/aromatic N) is 3. The Balaban J connectivity index is 2.40. The van der Waals surface area contributed by atoms with E-state index in [1.807, 2.05) is 24.8 Å². The van der Waals surface area contributed by atoms with Crippen LogP contribution in [0.4, 0.5) is 21.8 Å². The SMILES string of the molecule is CCCNc1ncc(C)c(N(CC)c2ccccc2F)n1. The van der Waals surface area contributed by atoms with Crippen molar-refractivity contribution in [3.8, 4) is 0 Å². The van der Waals surface area contributed by atoms with E-state index in [4.69, 9.17) is 0 Å². The van der Waals surface area contributed by atoms with Crippen LogP contribution >= 0.6 is 0 Å². The van der Waals surface area contributed by atoms with Gasteiger partial charge in [-0.25, -0.2) is 9.37 Å². The molecule has 0 spiro atoms. The Hall–Kier alpha value is -2.17. The van der Waals surface area contributed by atoms with Crippen LogP contribution in [0.25, 0.3) is 0 Å². The molecule has 0 radical (unpaired) electrons. The minimum absolute atomic E-state index is 0.250. The van der Waals surface area contributed by atoms with Crippen molar-refractivity contribution >= 4 is 17.5 Å². The van der Waals surface area contributed by atoms with Gasteiger partial charge in [0.2, 0.25) is 5.95 Å². The van der Waals surface area contributed by atoms with Crippen LogP contribution in [0.15, 0.2) is 30.5 Å². The number of halogens is 1. The Morgan fingerprint density at radius 2 is 2.00 bits per heavy atom. The van der Waals surface area contributed by atoms with Crippen LogP contribution in [-0.2, 0) is 0 Å². The molecule has 0 aliphatic carbocycles. The zero-order valence-corrected chi connectivity index (χ0v) is 12.7. The Bertz CT molecular complexity index is 601. The van der Waals surface area contributed by atoms with Crippen molar-refractivity contribution in [2.24, 2.45) is 0 Å². The van der Waals surface area contributed by atoms with Crippen molar-refractivity contribution in [1.82, 2.24) is 9.97 Å². The van der Waals surface area contributed by atoms with Crippen LogP contribution in [0.1, 0.15) is 25.8 Å². The van der Waals surface area contributed by atoms with Crippen LogP contribution in [0.2, 0.25) is 0 Å². The Kier molecular flexibility index (Phi) is 5.09. The van der Waals surface area contributed by atoms with Gasteiger partial charge < -0.3 is 10.2 Å². The maximum Gasteiger partial charge on any atom is 0.224 e. The lowest BCUT2D eigenvalue weighted by Gasteiger charge is -2.24. The Morgan fingerprint density at radius 3 is 2.67 bits per heavy atom. The van der Waals surface area contributed by atoms with E-state index in [1.54, 1.807) is 18.3 Å². The van der Waals surface area contributed by atoms with Crippen LogP contribution < -0.4 is 10.2 Å². The molecule has 0 atom stereocenters. The van der Waals surface area contributed by atoms with Gasteiger partial charge in [-0.15, -0.1) is 0 Å². The third-order valence-corrected chi connectivity index (χ3v) is 3.19. The van der Waals surface area contributed by atoms with Crippen LogP contribution in [0.5, 0.6) is 0 Å². The predicted molar refractivity (Wildman–Crippen MR) is 84.6 cm³/mol. The third kappa shape index (κ3) is 3.48. The van der Waals surface area contributed by atoms with Crippen molar-refractivity contribution in [3.63, 3.8) is 0 Å². The summed E-state index contributed by atoms with van der Waals surface area (Å²) in [5.41, 5.74) is 1.45. The number of anilines is 3. The first-order valence-electron chi connectivity index (χ1n) is 7.27. The van der Waals surface area contributed by atoms with Gasteiger partial charge in [0.15, 0.2) is 0 Å². The monoisotopic (exact) mass is 288 g/mol. The normalized spacial score (nSPS) is 10.5. The van der Waals surface area contributed by atoms with E-state index in [-0.39, 0.29) is 5.82 Å². The average molecular weight is 288 g/mol. The number of hydrogen-bond acceptors (Lipinski definition) is 4. The highest BCUT2D eigenvalue weighted by molar-refractivity contribution is 5.63. The second-order valence-corrected chi connectivity index (χ2v) is 4.82. The molecule has 0 saturated carbocycles. The summed E-state index contributed by atoms with van der Waals surface area (Å²) in [6.07, 6.45) is 2.77. The second kappa shape index (κ2) is 7.02. The molecule has 0 unspecified atom stereocenters. The van der Waals surface area contributed by atoms with Crippen molar-refractivity contribution in [2.75, 3.05) is 23.3 Å². The highest BCUT2D eigenvalue weighted by atomic mass is 19.1. The maximum atomic E-state index is 14.0. The van der Waals surface area contributed by atoms with Gasteiger partial charge in [0, 0.05) is 24.8 Å². The van der Waals surface area contributed by atoms with Crippen molar-refractivity contribution < 1.29 is 4.39 Å². The first kappa shape index (κ1) is 15.2. The fraction of sp³-hybridized carbons (Fsp3) is 0.375. The summed E-state index contributed by atoms with van der Waals surface area (Å²) in [5.74, 6) is 1.06. The van der Waals surface area contributed by atoms with Crippen LogP contribution in [-0.4, -0.2) is 23.1 Å². The minimum atomic E-state index is -0.250. The van der Waals surface area contributed by atoms with Gasteiger partial charge in [-0.3, -0.25) is 0 Å². The topological polar surface area (TPSA) is 41.1 Å². The lowest BCUT2D eigenvalue weighted by molar-refractivity contribution is 0.625. The fourth-order valence-electron chi connectivity index (χ4n) is 2.13. The van der Waals surface area contributed by atoms with Crippen LogP contribution in [0, 0.1) is 12.7 Å². The second-order valence-electron chi connectivity index (χ2n) is 4.82. The zero-order chi connectivity index (χ0) is 15.2. The molecular formula is C16H21FN4. The summed E-state index contributed by atoms with van der Waals surface area (Å²) < 4.78 is 14.0. The van der Waals surface area contributed by atoms with Gasteiger partial charge >= 0.3 is 0 Å². The minimum Gasteiger partial charge on any atom is -0.354 e. The Labute approximate surface area is 125 Å². The molecule has 1 heterocycles. The first-order chi connectivity index (χ1) is 10.2. The molecule has 112 valence electrons. The molecule has 2 aromatic rings. The summed E-state index contributed by atoms with van der Waals surface area (Å²) in [6, 6.07) is 6.74. The fourth-order valence-corrected chi connectivity index (χ4v) is 2.13.